The Kier molecular flexibility index (Phi) is 5.91. The van der Waals surface area contributed by atoms with E-state index in [1.807, 2.05) is 26.1 Å². The van der Waals surface area contributed by atoms with Crippen LogP contribution in [0.4, 0.5) is 0 Å². The molecule has 2 saturated heterocycles. The summed E-state index contributed by atoms with van der Waals surface area (Å²) in [6.45, 7) is 4.89. The van der Waals surface area contributed by atoms with Crippen molar-refractivity contribution >= 4 is 5.91 Å². The number of aryl methyl sites for hydroxylation is 1. The first-order valence-electron chi connectivity index (χ1n) is 9.29. The molecule has 0 bridgehead atoms. The summed E-state index contributed by atoms with van der Waals surface area (Å²) in [6.07, 6.45) is 6.52. The molecule has 3 rings (SSSR count). The van der Waals surface area contributed by atoms with E-state index in [1.54, 1.807) is 11.1 Å². The summed E-state index contributed by atoms with van der Waals surface area (Å²) >= 11 is 0. The van der Waals surface area contributed by atoms with E-state index in [2.05, 4.69) is 10.3 Å². The summed E-state index contributed by atoms with van der Waals surface area (Å²) in [7, 11) is 1.86. The molecule has 0 saturated carbocycles. The summed E-state index contributed by atoms with van der Waals surface area (Å²) in [5, 5.41) is 3.32. The molecule has 6 heteroatoms. The molecule has 0 radical (unpaired) electrons. The number of amides is 1. The van der Waals surface area contributed by atoms with Gasteiger partial charge in [0.15, 0.2) is 5.60 Å². The number of piperidine rings is 1. The molecule has 1 aromatic rings. The number of likely N-dealkylation sites (N-methyl/N-ethyl adjacent to an activating group) is 1. The molecule has 2 fully saturated rings. The van der Waals surface area contributed by atoms with Crippen molar-refractivity contribution in [2.24, 2.45) is 0 Å². The smallest absolute Gasteiger partial charge is 0.266 e. The van der Waals surface area contributed by atoms with Crippen molar-refractivity contribution in [3.05, 3.63) is 24.0 Å². The van der Waals surface area contributed by atoms with Gasteiger partial charge in [0.2, 0.25) is 0 Å². The topological polar surface area (TPSA) is 63.7 Å². The highest BCUT2D eigenvalue weighted by atomic mass is 16.5. The summed E-state index contributed by atoms with van der Waals surface area (Å²) in [6, 6.07) is 3.74. The zero-order valence-electron chi connectivity index (χ0n) is 15.3. The largest absolute Gasteiger partial charge is 0.475 e. The van der Waals surface area contributed by atoms with Crippen LogP contribution in [-0.2, 0) is 9.53 Å². The second-order valence-corrected chi connectivity index (χ2v) is 7.11. The summed E-state index contributed by atoms with van der Waals surface area (Å²) < 4.78 is 12.1. The summed E-state index contributed by atoms with van der Waals surface area (Å²) in [5.41, 5.74) is -0.00545. The minimum Gasteiger partial charge on any atom is -0.475 e. The molecular weight excluding hydrogens is 318 g/mol. The van der Waals surface area contributed by atoms with E-state index in [0.29, 0.717) is 25.1 Å². The van der Waals surface area contributed by atoms with Crippen LogP contribution in [0.5, 0.6) is 5.75 Å². The first-order valence-corrected chi connectivity index (χ1v) is 9.29. The maximum atomic E-state index is 13.3. The number of carbonyl (C=O) groups excluding carboxylic acids is 1. The normalized spacial score (nSPS) is 23.0. The van der Waals surface area contributed by atoms with E-state index in [0.717, 1.165) is 38.2 Å². The van der Waals surface area contributed by atoms with Crippen LogP contribution in [-0.4, -0.2) is 60.8 Å². The number of carbonyl (C=O) groups is 1. The lowest BCUT2D eigenvalue weighted by atomic mass is 9.90. The minimum atomic E-state index is -0.817. The van der Waals surface area contributed by atoms with Crippen molar-refractivity contribution in [1.29, 1.82) is 0 Å². The third-order valence-corrected chi connectivity index (χ3v) is 5.16. The van der Waals surface area contributed by atoms with Gasteiger partial charge in [-0.1, -0.05) is 0 Å². The Balaban J connectivity index is 1.74. The molecule has 138 valence electrons. The van der Waals surface area contributed by atoms with Gasteiger partial charge in [0.05, 0.1) is 11.8 Å². The Bertz CT molecular complexity index is 581. The molecule has 0 unspecified atom stereocenters. The lowest BCUT2D eigenvalue weighted by Crippen LogP contribution is -2.58. The van der Waals surface area contributed by atoms with Gasteiger partial charge in [0.1, 0.15) is 5.75 Å². The number of hydrogen-bond acceptors (Lipinski definition) is 5. The first-order chi connectivity index (χ1) is 12.1. The van der Waals surface area contributed by atoms with Gasteiger partial charge in [0, 0.05) is 39.2 Å². The molecule has 0 spiro atoms. The molecule has 25 heavy (non-hydrogen) atoms. The molecule has 1 atom stereocenters. The van der Waals surface area contributed by atoms with Gasteiger partial charge in [-0.05, 0) is 51.4 Å². The Hall–Kier alpha value is -1.66. The van der Waals surface area contributed by atoms with Gasteiger partial charge in [-0.15, -0.1) is 0 Å². The average Bonchev–Trinajstić information content (AvgIpc) is 2.64. The molecular formula is C19H29N3O3. The minimum absolute atomic E-state index is 0.0476. The molecule has 2 aliphatic heterocycles. The van der Waals surface area contributed by atoms with Gasteiger partial charge in [-0.25, -0.2) is 0 Å². The third kappa shape index (κ3) is 4.30. The van der Waals surface area contributed by atoms with Crippen molar-refractivity contribution in [3.63, 3.8) is 0 Å². The standard InChI is InChI=1S/C19H29N3O3/c1-15-17(7-5-10-21-15)25-19(8-11-20-12-9-19)18(23)22(2)14-16-6-3-4-13-24-16/h5,7,10,16,20H,3-4,6,8-9,11-14H2,1-2H3/t16-/m0/s1. The number of aromatic nitrogens is 1. The summed E-state index contributed by atoms with van der Waals surface area (Å²) in [4.78, 5) is 19.4. The van der Waals surface area contributed by atoms with Gasteiger partial charge >= 0.3 is 0 Å². The molecule has 6 nitrogen and oxygen atoms in total. The number of hydrogen-bond donors (Lipinski definition) is 1. The predicted molar refractivity (Wildman–Crippen MR) is 95.7 cm³/mol. The van der Waals surface area contributed by atoms with Gasteiger partial charge in [0.25, 0.3) is 5.91 Å². The van der Waals surface area contributed by atoms with E-state index < -0.39 is 5.60 Å². The SMILES string of the molecule is Cc1ncccc1OC1(C(=O)N(C)C[C@@H]2CCCCO2)CCNCC1. The predicted octanol–water partition coefficient (Wildman–Crippen LogP) is 1.92. The molecule has 0 aromatic carbocycles. The quantitative estimate of drug-likeness (QED) is 0.882. The van der Waals surface area contributed by atoms with Crippen LogP contribution >= 0.6 is 0 Å². The van der Waals surface area contributed by atoms with Crippen molar-refractivity contribution in [2.45, 2.75) is 50.7 Å². The number of nitrogens with zero attached hydrogens (tertiary/aromatic N) is 2. The Morgan fingerprint density at radius 2 is 2.24 bits per heavy atom. The van der Waals surface area contributed by atoms with E-state index in [1.165, 1.54) is 6.42 Å². The lowest BCUT2D eigenvalue weighted by Gasteiger charge is -2.40. The van der Waals surface area contributed by atoms with Crippen LogP contribution in [0.25, 0.3) is 0 Å². The van der Waals surface area contributed by atoms with Crippen LogP contribution in [0, 0.1) is 6.92 Å². The number of pyridine rings is 1. The Morgan fingerprint density at radius 3 is 2.92 bits per heavy atom. The first kappa shape index (κ1) is 18.1. The van der Waals surface area contributed by atoms with Crippen molar-refractivity contribution in [2.75, 3.05) is 33.3 Å². The van der Waals surface area contributed by atoms with Gasteiger partial charge in [-0.3, -0.25) is 9.78 Å². The van der Waals surface area contributed by atoms with E-state index in [4.69, 9.17) is 9.47 Å². The average molecular weight is 347 g/mol. The maximum absolute atomic E-state index is 13.3. The Labute approximate surface area is 149 Å². The fraction of sp³-hybridized carbons (Fsp3) is 0.684. The number of rotatable bonds is 5. The van der Waals surface area contributed by atoms with Crippen LogP contribution in [0.15, 0.2) is 18.3 Å². The third-order valence-electron chi connectivity index (χ3n) is 5.16. The highest BCUT2D eigenvalue weighted by Gasteiger charge is 2.44. The lowest BCUT2D eigenvalue weighted by molar-refractivity contribution is -0.151. The fourth-order valence-corrected chi connectivity index (χ4v) is 3.67. The number of ether oxygens (including phenoxy) is 2. The zero-order valence-corrected chi connectivity index (χ0v) is 15.3. The van der Waals surface area contributed by atoms with Crippen molar-refractivity contribution < 1.29 is 14.3 Å². The molecule has 3 heterocycles. The van der Waals surface area contributed by atoms with Crippen molar-refractivity contribution in [3.8, 4) is 5.75 Å². The van der Waals surface area contributed by atoms with Gasteiger partial charge < -0.3 is 19.7 Å². The van der Waals surface area contributed by atoms with Gasteiger partial charge in [-0.2, -0.15) is 0 Å². The summed E-state index contributed by atoms with van der Waals surface area (Å²) in [5.74, 6) is 0.742. The van der Waals surface area contributed by atoms with E-state index >= 15 is 0 Å². The Morgan fingerprint density at radius 1 is 1.44 bits per heavy atom. The second-order valence-electron chi connectivity index (χ2n) is 7.11. The molecule has 1 amide bonds. The monoisotopic (exact) mass is 347 g/mol. The highest BCUT2D eigenvalue weighted by Crippen LogP contribution is 2.30. The van der Waals surface area contributed by atoms with E-state index in [-0.39, 0.29) is 12.0 Å². The maximum Gasteiger partial charge on any atom is 0.266 e. The number of nitrogens with one attached hydrogen (secondary N) is 1. The molecule has 2 aliphatic rings. The van der Waals surface area contributed by atoms with Crippen molar-refractivity contribution in [1.82, 2.24) is 15.2 Å². The highest BCUT2D eigenvalue weighted by molar-refractivity contribution is 5.85. The molecule has 1 N–H and O–H groups in total. The van der Waals surface area contributed by atoms with E-state index in [9.17, 15) is 4.79 Å². The fourth-order valence-electron chi connectivity index (χ4n) is 3.67. The van der Waals surface area contributed by atoms with Crippen LogP contribution in [0.2, 0.25) is 0 Å². The van der Waals surface area contributed by atoms with Crippen LogP contribution in [0.1, 0.15) is 37.8 Å². The van der Waals surface area contributed by atoms with Crippen LogP contribution < -0.4 is 10.1 Å². The zero-order chi connectivity index (χ0) is 17.7. The molecule has 1 aromatic heterocycles. The second kappa shape index (κ2) is 8.15. The van der Waals surface area contributed by atoms with Crippen LogP contribution in [0.3, 0.4) is 0 Å². The molecule has 0 aliphatic carbocycles.